The summed E-state index contributed by atoms with van der Waals surface area (Å²) < 4.78 is 0. The Labute approximate surface area is 91.7 Å². The van der Waals surface area contributed by atoms with E-state index in [9.17, 15) is 0 Å². The van der Waals surface area contributed by atoms with Crippen LogP contribution in [0, 0.1) is 5.41 Å². The van der Waals surface area contributed by atoms with Gasteiger partial charge in [-0.2, -0.15) is 5.10 Å². The molecule has 15 heavy (non-hydrogen) atoms. The third kappa shape index (κ3) is 1.81. The summed E-state index contributed by atoms with van der Waals surface area (Å²) in [6, 6.07) is 0.470. The van der Waals surface area contributed by atoms with E-state index in [2.05, 4.69) is 36.3 Å². The van der Waals surface area contributed by atoms with E-state index >= 15 is 0 Å². The van der Waals surface area contributed by atoms with Gasteiger partial charge >= 0.3 is 0 Å². The summed E-state index contributed by atoms with van der Waals surface area (Å²) in [4.78, 5) is 0. The number of H-pyrrole nitrogens is 1. The van der Waals surface area contributed by atoms with Crippen molar-refractivity contribution in [1.29, 1.82) is 0 Å². The highest BCUT2D eigenvalue weighted by atomic mass is 15.1. The summed E-state index contributed by atoms with van der Waals surface area (Å²) in [5.74, 6) is 0. The fraction of sp³-hybridized carbons (Fsp3) is 0.750. The lowest BCUT2D eigenvalue weighted by atomic mass is 9.73. The molecular weight excluding hydrogens is 186 g/mol. The van der Waals surface area contributed by atoms with Gasteiger partial charge in [-0.05, 0) is 31.7 Å². The molecule has 0 aliphatic heterocycles. The maximum absolute atomic E-state index is 4.42. The van der Waals surface area contributed by atoms with Crippen molar-refractivity contribution < 1.29 is 0 Å². The molecule has 0 spiro atoms. The van der Waals surface area contributed by atoms with Gasteiger partial charge in [-0.3, -0.25) is 5.10 Å². The first-order chi connectivity index (χ1) is 7.07. The molecule has 1 unspecified atom stereocenters. The third-order valence-corrected chi connectivity index (χ3v) is 3.41. The van der Waals surface area contributed by atoms with Crippen LogP contribution in [-0.4, -0.2) is 17.2 Å². The third-order valence-electron chi connectivity index (χ3n) is 3.41. The molecule has 2 rings (SSSR count). The van der Waals surface area contributed by atoms with E-state index in [4.69, 9.17) is 0 Å². The van der Waals surface area contributed by atoms with Gasteiger partial charge in [0.05, 0.1) is 5.69 Å². The van der Waals surface area contributed by atoms with Gasteiger partial charge in [-0.1, -0.05) is 20.8 Å². The van der Waals surface area contributed by atoms with Gasteiger partial charge in [-0.15, -0.1) is 0 Å². The number of nitrogens with zero attached hydrogens (tertiary/aromatic N) is 1. The molecule has 1 aliphatic rings. The van der Waals surface area contributed by atoms with Crippen LogP contribution in [0.4, 0.5) is 0 Å². The first-order valence-corrected chi connectivity index (χ1v) is 5.80. The number of nitrogens with one attached hydrogen (secondary N) is 2. The molecule has 0 saturated carbocycles. The molecular formula is C12H21N3. The van der Waals surface area contributed by atoms with Gasteiger partial charge < -0.3 is 5.32 Å². The summed E-state index contributed by atoms with van der Waals surface area (Å²) in [7, 11) is 2.04. The van der Waals surface area contributed by atoms with Crippen LogP contribution >= 0.6 is 0 Å². The predicted octanol–water partition coefficient (Wildman–Crippen LogP) is 2.21. The van der Waals surface area contributed by atoms with Crippen LogP contribution in [-0.2, 0) is 12.8 Å². The number of hydrogen-bond donors (Lipinski definition) is 2. The van der Waals surface area contributed by atoms with Crippen molar-refractivity contribution in [1.82, 2.24) is 15.5 Å². The van der Waals surface area contributed by atoms with Gasteiger partial charge in [0.2, 0.25) is 0 Å². The van der Waals surface area contributed by atoms with Gasteiger partial charge in [0.25, 0.3) is 0 Å². The van der Waals surface area contributed by atoms with Crippen molar-refractivity contribution in [3.8, 4) is 0 Å². The minimum Gasteiger partial charge on any atom is -0.313 e. The number of fused-ring (bicyclic) bond motifs is 1. The van der Waals surface area contributed by atoms with Crippen LogP contribution in [0.1, 0.15) is 50.2 Å². The standard InChI is InChI=1S/C12H21N3/c1-5-8-11-9(13-4)6-12(2,3)7-10(11)15-14-8/h9,13H,5-7H2,1-4H3,(H,14,15). The quantitative estimate of drug-likeness (QED) is 0.780. The lowest BCUT2D eigenvalue weighted by molar-refractivity contribution is 0.262. The maximum Gasteiger partial charge on any atom is 0.0670 e. The van der Waals surface area contributed by atoms with Crippen LogP contribution in [0.15, 0.2) is 0 Å². The Balaban J connectivity index is 2.42. The van der Waals surface area contributed by atoms with Crippen LogP contribution < -0.4 is 5.32 Å². The SMILES string of the molecule is CCc1n[nH]c2c1C(NC)CC(C)(C)C2. The second-order valence-electron chi connectivity index (χ2n) is 5.30. The maximum atomic E-state index is 4.42. The minimum absolute atomic E-state index is 0.373. The molecule has 3 nitrogen and oxygen atoms in total. The largest absolute Gasteiger partial charge is 0.313 e. The van der Waals surface area contributed by atoms with Crippen LogP contribution in [0.5, 0.6) is 0 Å². The summed E-state index contributed by atoms with van der Waals surface area (Å²) in [5, 5.41) is 11.0. The second kappa shape index (κ2) is 3.63. The number of rotatable bonds is 2. The van der Waals surface area contributed by atoms with E-state index in [-0.39, 0.29) is 0 Å². The molecule has 1 atom stereocenters. The molecule has 0 amide bonds. The number of aromatic amines is 1. The van der Waals surface area contributed by atoms with Gasteiger partial charge in [0.1, 0.15) is 0 Å². The number of aryl methyl sites for hydroxylation is 1. The Morgan fingerprint density at radius 3 is 2.87 bits per heavy atom. The van der Waals surface area contributed by atoms with Gasteiger partial charge in [-0.25, -0.2) is 0 Å². The van der Waals surface area contributed by atoms with E-state index in [0.29, 0.717) is 11.5 Å². The zero-order valence-corrected chi connectivity index (χ0v) is 10.1. The Bertz CT molecular complexity index is 352. The van der Waals surface area contributed by atoms with E-state index in [1.165, 1.54) is 23.4 Å². The molecule has 0 aromatic carbocycles. The monoisotopic (exact) mass is 207 g/mol. The zero-order chi connectivity index (χ0) is 11.1. The Hall–Kier alpha value is -0.830. The average Bonchev–Trinajstić information content (AvgIpc) is 2.57. The molecule has 3 heteroatoms. The number of hydrogen-bond acceptors (Lipinski definition) is 2. The van der Waals surface area contributed by atoms with Crippen molar-refractivity contribution in [3.05, 3.63) is 17.0 Å². The molecule has 1 aromatic rings. The van der Waals surface area contributed by atoms with Crippen molar-refractivity contribution in [2.75, 3.05) is 7.05 Å². The van der Waals surface area contributed by atoms with Crippen molar-refractivity contribution in [3.63, 3.8) is 0 Å². The molecule has 1 heterocycles. The highest BCUT2D eigenvalue weighted by Gasteiger charge is 2.34. The van der Waals surface area contributed by atoms with Crippen molar-refractivity contribution in [2.24, 2.45) is 5.41 Å². The van der Waals surface area contributed by atoms with E-state index in [1.807, 2.05) is 7.05 Å². The molecule has 0 bridgehead atoms. The van der Waals surface area contributed by atoms with Gasteiger partial charge in [0.15, 0.2) is 0 Å². The Morgan fingerprint density at radius 2 is 2.27 bits per heavy atom. The molecule has 84 valence electrons. The Kier molecular flexibility index (Phi) is 2.59. The van der Waals surface area contributed by atoms with E-state index in [0.717, 1.165) is 12.8 Å². The van der Waals surface area contributed by atoms with Crippen LogP contribution in [0.25, 0.3) is 0 Å². The summed E-state index contributed by atoms with van der Waals surface area (Å²) >= 11 is 0. The lowest BCUT2D eigenvalue weighted by Crippen LogP contribution is -2.31. The van der Waals surface area contributed by atoms with Gasteiger partial charge in [0, 0.05) is 17.3 Å². The summed E-state index contributed by atoms with van der Waals surface area (Å²) in [6.07, 6.45) is 3.33. The minimum atomic E-state index is 0.373. The van der Waals surface area contributed by atoms with Crippen molar-refractivity contribution >= 4 is 0 Å². The normalized spacial score (nSPS) is 23.9. The van der Waals surface area contributed by atoms with E-state index < -0.39 is 0 Å². The molecule has 0 fully saturated rings. The van der Waals surface area contributed by atoms with Crippen LogP contribution in [0.2, 0.25) is 0 Å². The molecule has 1 aliphatic carbocycles. The summed E-state index contributed by atoms with van der Waals surface area (Å²) in [5.41, 5.74) is 4.37. The molecule has 0 radical (unpaired) electrons. The predicted molar refractivity (Wildman–Crippen MR) is 61.9 cm³/mol. The molecule has 0 saturated heterocycles. The first-order valence-electron chi connectivity index (χ1n) is 5.80. The molecule has 2 N–H and O–H groups in total. The highest BCUT2D eigenvalue weighted by molar-refractivity contribution is 5.32. The average molecular weight is 207 g/mol. The fourth-order valence-electron chi connectivity index (χ4n) is 2.70. The smallest absolute Gasteiger partial charge is 0.0670 e. The molecule has 1 aromatic heterocycles. The summed E-state index contributed by atoms with van der Waals surface area (Å²) in [6.45, 7) is 6.82. The van der Waals surface area contributed by atoms with Crippen LogP contribution in [0.3, 0.4) is 0 Å². The zero-order valence-electron chi connectivity index (χ0n) is 10.1. The Morgan fingerprint density at radius 1 is 1.53 bits per heavy atom. The van der Waals surface area contributed by atoms with E-state index in [1.54, 1.807) is 0 Å². The van der Waals surface area contributed by atoms with Crippen molar-refractivity contribution in [2.45, 2.75) is 46.1 Å². The lowest BCUT2D eigenvalue weighted by Gasteiger charge is -2.35. The topological polar surface area (TPSA) is 40.7 Å². The second-order valence-corrected chi connectivity index (χ2v) is 5.30. The number of aromatic nitrogens is 2. The first kappa shape index (κ1) is 10.7. The fourth-order valence-corrected chi connectivity index (χ4v) is 2.70. The highest BCUT2D eigenvalue weighted by Crippen LogP contribution is 2.40.